The number of para-hydroxylation sites is 4. The van der Waals surface area contributed by atoms with Gasteiger partial charge in [-0.15, -0.1) is 0 Å². The van der Waals surface area contributed by atoms with Crippen molar-refractivity contribution in [2.45, 2.75) is 9.79 Å². The quantitative estimate of drug-likeness (QED) is 0.181. The molecule has 7 heteroatoms. The fraction of sp³-hybridized carbons (Fsp3) is 0. The van der Waals surface area contributed by atoms with Gasteiger partial charge < -0.3 is 9.13 Å². The summed E-state index contributed by atoms with van der Waals surface area (Å²) in [6.45, 7) is 0. The van der Waals surface area contributed by atoms with Crippen LogP contribution < -0.4 is 0 Å². The SMILES string of the molecule is O=C1c2ccccc2S(=O)(=O)c2ccc(-c3cnccc3-c3ccc(-n4c5ccccc5c5ccccc54)cc3-n3c4ccccc4c4ccccc43)cc21. The zero-order chi connectivity index (χ0) is 36.8. The van der Waals surface area contributed by atoms with Crippen molar-refractivity contribution in [2.24, 2.45) is 0 Å². The standard InChI is InChI=1S/C48H29N3O3S/c52-48-38-15-5-10-20-46(38)55(53,54)47-24-21-30(27-39(47)48)40-29-49-26-25-32(40)37-23-22-31(50-41-16-6-1-11-33(41)34-12-2-7-17-42(34)50)28-45(37)51-43-18-8-3-13-35(43)36-14-4-9-19-44(36)51/h1-29H. The number of benzene rings is 7. The number of carbonyl (C=O) groups is 1. The molecule has 260 valence electrons. The number of carbonyl (C=O) groups excluding carboxylic acids is 1. The van der Waals surface area contributed by atoms with Crippen molar-refractivity contribution in [3.8, 4) is 33.6 Å². The molecule has 4 heterocycles. The zero-order valence-electron chi connectivity index (χ0n) is 29.2. The molecule has 1 aliphatic heterocycles. The van der Waals surface area contributed by atoms with E-state index in [2.05, 4.69) is 129 Å². The van der Waals surface area contributed by atoms with Crippen LogP contribution in [0.4, 0.5) is 0 Å². The minimum atomic E-state index is -3.87. The Morgan fingerprint density at radius 2 is 0.982 bits per heavy atom. The molecule has 10 aromatic rings. The molecule has 0 saturated carbocycles. The zero-order valence-corrected chi connectivity index (χ0v) is 30.0. The second-order valence-corrected chi connectivity index (χ2v) is 15.8. The Bertz CT molecular complexity index is 3270. The summed E-state index contributed by atoms with van der Waals surface area (Å²) in [6, 6.07) is 54.0. The molecule has 0 spiro atoms. The van der Waals surface area contributed by atoms with Crippen LogP contribution >= 0.6 is 0 Å². The van der Waals surface area contributed by atoms with Gasteiger partial charge in [0.2, 0.25) is 9.84 Å². The summed E-state index contributed by atoms with van der Waals surface area (Å²) < 4.78 is 32.0. The first-order chi connectivity index (χ1) is 27.0. The lowest BCUT2D eigenvalue weighted by atomic mass is 9.92. The molecular formula is C48H29N3O3S. The fourth-order valence-corrected chi connectivity index (χ4v) is 10.2. The minimum Gasteiger partial charge on any atom is -0.309 e. The Hall–Kier alpha value is -7.09. The number of pyridine rings is 1. The van der Waals surface area contributed by atoms with Gasteiger partial charge in [-0.2, -0.15) is 0 Å². The lowest BCUT2D eigenvalue weighted by Gasteiger charge is -2.21. The van der Waals surface area contributed by atoms with Crippen LogP contribution in [0.15, 0.2) is 186 Å². The van der Waals surface area contributed by atoms with Gasteiger partial charge in [-0.25, -0.2) is 8.42 Å². The number of fused-ring (bicyclic) bond motifs is 8. The van der Waals surface area contributed by atoms with Crippen LogP contribution in [0.25, 0.3) is 77.2 Å². The van der Waals surface area contributed by atoms with E-state index < -0.39 is 9.84 Å². The van der Waals surface area contributed by atoms with Crippen molar-refractivity contribution < 1.29 is 13.2 Å². The van der Waals surface area contributed by atoms with Crippen LogP contribution in [0.3, 0.4) is 0 Å². The molecule has 0 fully saturated rings. The summed E-state index contributed by atoms with van der Waals surface area (Å²) >= 11 is 0. The van der Waals surface area contributed by atoms with Crippen molar-refractivity contribution in [1.82, 2.24) is 14.1 Å². The molecule has 0 radical (unpaired) electrons. The van der Waals surface area contributed by atoms with E-state index in [4.69, 9.17) is 0 Å². The summed E-state index contributed by atoms with van der Waals surface area (Å²) in [6.07, 6.45) is 3.57. The third kappa shape index (κ3) is 4.51. The highest BCUT2D eigenvalue weighted by Gasteiger charge is 2.35. The van der Waals surface area contributed by atoms with Gasteiger partial charge in [-0.3, -0.25) is 9.78 Å². The average Bonchev–Trinajstić information content (AvgIpc) is 3.76. The largest absolute Gasteiger partial charge is 0.309 e. The molecule has 0 atom stereocenters. The smallest absolute Gasteiger partial charge is 0.208 e. The van der Waals surface area contributed by atoms with Gasteiger partial charge in [0, 0.05) is 61.9 Å². The number of nitrogens with zero attached hydrogens (tertiary/aromatic N) is 3. The van der Waals surface area contributed by atoms with E-state index in [1.54, 1.807) is 48.8 Å². The topological polar surface area (TPSA) is 74.0 Å². The van der Waals surface area contributed by atoms with Gasteiger partial charge in [0.05, 0.1) is 37.5 Å². The molecular weight excluding hydrogens is 699 g/mol. The van der Waals surface area contributed by atoms with Crippen LogP contribution in [-0.2, 0) is 9.84 Å². The lowest BCUT2D eigenvalue weighted by molar-refractivity contribution is 0.103. The van der Waals surface area contributed by atoms with E-state index in [0.717, 1.165) is 60.9 Å². The predicted octanol–water partition coefficient (Wildman–Crippen LogP) is 11.0. The van der Waals surface area contributed by atoms with Gasteiger partial charge in [-0.05, 0) is 77.9 Å². The third-order valence-electron chi connectivity index (χ3n) is 11.0. The van der Waals surface area contributed by atoms with E-state index in [-0.39, 0.29) is 26.7 Å². The van der Waals surface area contributed by atoms with Crippen LogP contribution in [-0.4, -0.2) is 28.3 Å². The molecule has 6 nitrogen and oxygen atoms in total. The van der Waals surface area contributed by atoms with Crippen LogP contribution in [0.1, 0.15) is 15.9 Å². The molecule has 0 N–H and O–H groups in total. The maximum absolute atomic E-state index is 13.8. The van der Waals surface area contributed by atoms with Crippen molar-refractivity contribution in [3.63, 3.8) is 0 Å². The molecule has 11 rings (SSSR count). The molecule has 0 amide bonds. The number of ketones is 1. The molecule has 0 bridgehead atoms. The molecule has 1 aliphatic rings. The van der Waals surface area contributed by atoms with Crippen LogP contribution in [0.5, 0.6) is 0 Å². The molecule has 7 aromatic carbocycles. The Morgan fingerprint density at radius 1 is 0.436 bits per heavy atom. The summed E-state index contributed by atoms with van der Waals surface area (Å²) in [7, 11) is -3.87. The monoisotopic (exact) mass is 727 g/mol. The highest BCUT2D eigenvalue weighted by atomic mass is 32.2. The van der Waals surface area contributed by atoms with Crippen molar-refractivity contribution >= 4 is 59.2 Å². The Kier molecular flexibility index (Phi) is 6.69. The predicted molar refractivity (Wildman–Crippen MR) is 219 cm³/mol. The van der Waals surface area contributed by atoms with Gasteiger partial charge in [0.1, 0.15) is 0 Å². The Balaban J connectivity index is 1.19. The van der Waals surface area contributed by atoms with E-state index >= 15 is 0 Å². The first kappa shape index (κ1) is 31.4. The molecule has 0 aliphatic carbocycles. The molecule has 55 heavy (non-hydrogen) atoms. The van der Waals surface area contributed by atoms with Crippen molar-refractivity contribution in [3.05, 3.63) is 187 Å². The maximum atomic E-state index is 13.8. The number of hydrogen-bond acceptors (Lipinski definition) is 4. The van der Waals surface area contributed by atoms with Gasteiger partial charge in [-0.1, -0.05) is 97.1 Å². The van der Waals surface area contributed by atoms with E-state index in [1.165, 1.54) is 16.8 Å². The minimum absolute atomic E-state index is 0.0203. The fourth-order valence-electron chi connectivity index (χ4n) is 8.58. The average molecular weight is 728 g/mol. The highest BCUT2D eigenvalue weighted by molar-refractivity contribution is 7.91. The molecule has 3 aromatic heterocycles. The van der Waals surface area contributed by atoms with Crippen LogP contribution in [0, 0.1) is 0 Å². The van der Waals surface area contributed by atoms with Gasteiger partial charge in [0.25, 0.3) is 0 Å². The van der Waals surface area contributed by atoms with E-state index in [1.807, 2.05) is 6.07 Å². The second-order valence-electron chi connectivity index (χ2n) is 13.9. The maximum Gasteiger partial charge on any atom is 0.208 e. The van der Waals surface area contributed by atoms with E-state index in [9.17, 15) is 13.2 Å². The summed E-state index contributed by atoms with van der Waals surface area (Å²) in [5.41, 5.74) is 10.0. The van der Waals surface area contributed by atoms with E-state index in [0.29, 0.717) is 5.56 Å². The second kappa shape index (κ2) is 11.7. The first-order valence-corrected chi connectivity index (χ1v) is 19.6. The number of sulfone groups is 1. The first-order valence-electron chi connectivity index (χ1n) is 18.1. The normalized spacial score (nSPS) is 13.4. The Morgan fingerprint density at radius 3 is 1.62 bits per heavy atom. The third-order valence-corrected chi connectivity index (χ3v) is 12.9. The van der Waals surface area contributed by atoms with Crippen molar-refractivity contribution in [1.29, 1.82) is 0 Å². The highest BCUT2D eigenvalue weighted by Crippen LogP contribution is 2.43. The number of aromatic nitrogens is 3. The van der Waals surface area contributed by atoms with Crippen LogP contribution in [0.2, 0.25) is 0 Å². The summed E-state index contributed by atoms with van der Waals surface area (Å²) in [5.74, 6) is -0.311. The van der Waals surface area contributed by atoms with Gasteiger partial charge >= 0.3 is 0 Å². The Labute approximate surface area is 316 Å². The molecule has 0 unspecified atom stereocenters. The van der Waals surface area contributed by atoms with Crippen molar-refractivity contribution in [2.75, 3.05) is 0 Å². The van der Waals surface area contributed by atoms with Gasteiger partial charge in [0.15, 0.2) is 5.78 Å². The number of hydrogen-bond donors (Lipinski definition) is 0. The lowest BCUT2D eigenvalue weighted by Crippen LogP contribution is -2.20. The number of rotatable bonds is 4. The summed E-state index contributed by atoms with van der Waals surface area (Å²) in [4.78, 5) is 18.5. The summed E-state index contributed by atoms with van der Waals surface area (Å²) in [5, 5.41) is 4.67. The molecule has 0 saturated heterocycles.